The molecule has 0 fully saturated rings. The Balaban J connectivity index is 2.38. The third-order valence-corrected chi connectivity index (χ3v) is 3.41. The summed E-state index contributed by atoms with van der Waals surface area (Å²) in [5.41, 5.74) is 0.598. The van der Waals surface area contributed by atoms with Crippen molar-refractivity contribution in [3.8, 4) is 0 Å². The Morgan fingerprint density at radius 3 is 2.75 bits per heavy atom. The molecule has 1 aromatic heterocycles. The summed E-state index contributed by atoms with van der Waals surface area (Å²) in [4.78, 5) is 14.7. The SMILES string of the molecule is NS(=O)(=O)CCNc1ccc2ncccc2c1[N+](=O)[O-]. The summed E-state index contributed by atoms with van der Waals surface area (Å²) < 4.78 is 21.7. The molecule has 0 atom stereocenters. The molecule has 0 unspecified atom stereocenters. The van der Waals surface area contributed by atoms with Gasteiger partial charge in [-0.1, -0.05) is 0 Å². The van der Waals surface area contributed by atoms with Gasteiger partial charge in [-0.15, -0.1) is 0 Å². The maximum absolute atomic E-state index is 11.2. The lowest BCUT2D eigenvalue weighted by atomic mass is 10.1. The number of aromatic nitrogens is 1. The van der Waals surface area contributed by atoms with Crippen LogP contribution in [0.2, 0.25) is 0 Å². The maximum Gasteiger partial charge on any atom is 0.301 e. The summed E-state index contributed by atoms with van der Waals surface area (Å²) in [6.45, 7) is -0.00849. The van der Waals surface area contributed by atoms with Gasteiger partial charge in [-0.25, -0.2) is 13.6 Å². The molecule has 2 aromatic rings. The average Bonchev–Trinajstić information content (AvgIpc) is 2.36. The van der Waals surface area contributed by atoms with Gasteiger partial charge in [-0.05, 0) is 24.3 Å². The first-order valence-corrected chi connectivity index (χ1v) is 7.36. The smallest absolute Gasteiger partial charge is 0.301 e. The molecule has 0 aliphatic heterocycles. The first-order chi connectivity index (χ1) is 9.38. The zero-order chi connectivity index (χ0) is 14.8. The van der Waals surface area contributed by atoms with Crippen molar-refractivity contribution in [3.63, 3.8) is 0 Å². The second-order valence-corrected chi connectivity index (χ2v) is 5.82. The number of nitro benzene ring substituents is 1. The minimum Gasteiger partial charge on any atom is -0.378 e. The molecule has 0 saturated heterocycles. The highest BCUT2D eigenvalue weighted by atomic mass is 32.2. The number of nitrogens with one attached hydrogen (secondary N) is 1. The molecule has 0 spiro atoms. The Hall–Kier alpha value is -2.26. The van der Waals surface area contributed by atoms with Crippen LogP contribution < -0.4 is 10.5 Å². The molecule has 0 saturated carbocycles. The van der Waals surface area contributed by atoms with Gasteiger partial charge in [0.05, 0.1) is 21.6 Å². The molecule has 0 radical (unpaired) electrons. The second kappa shape index (κ2) is 5.39. The van der Waals surface area contributed by atoms with Crippen LogP contribution in [0.1, 0.15) is 0 Å². The molecule has 1 heterocycles. The van der Waals surface area contributed by atoms with Crippen molar-refractivity contribution in [3.05, 3.63) is 40.6 Å². The number of hydrogen-bond acceptors (Lipinski definition) is 6. The summed E-state index contributed by atoms with van der Waals surface area (Å²) >= 11 is 0. The number of anilines is 1. The minimum absolute atomic E-state index is 0.00849. The number of nitrogens with two attached hydrogens (primary N) is 1. The van der Waals surface area contributed by atoms with Crippen LogP contribution in [0.5, 0.6) is 0 Å². The first-order valence-electron chi connectivity index (χ1n) is 5.65. The van der Waals surface area contributed by atoms with Crippen molar-refractivity contribution in [2.75, 3.05) is 17.6 Å². The van der Waals surface area contributed by atoms with Crippen molar-refractivity contribution < 1.29 is 13.3 Å². The number of hydrogen-bond donors (Lipinski definition) is 2. The Morgan fingerprint density at radius 1 is 1.35 bits per heavy atom. The van der Waals surface area contributed by atoms with Gasteiger partial charge >= 0.3 is 5.69 Å². The number of primary sulfonamides is 1. The number of sulfonamides is 1. The van der Waals surface area contributed by atoms with E-state index in [2.05, 4.69) is 10.3 Å². The molecule has 0 aliphatic carbocycles. The lowest BCUT2D eigenvalue weighted by Crippen LogP contribution is -2.22. The summed E-state index contributed by atoms with van der Waals surface area (Å²) in [7, 11) is -3.61. The fraction of sp³-hybridized carbons (Fsp3) is 0.182. The normalized spacial score (nSPS) is 11.4. The lowest BCUT2D eigenvalue weighted by Gasteiger charge is -2.08. The number of benzene rings is 1. The van der Waals surface area contributed by atoms with Gasteiger partial charge in [0.1, 0.15) is 5.69 Å². The zero-order valence-electron chi connectivity index (χ0n) is 10.3. The number of rotatable bonds is 5. The largest absolute Gasteiger partial charge is 0.378 e. The molecule has 9 heteroatoms. The number of nitro groups is 1. The average molecular weight is 296 g/mol. The van der Waals surface area contributed by atoms with E-state index in [9.17, 15) is 18.5 Å². The highest BCUT2D eigenvalue weighted by molar-refractivity contribution is 7.89. The Bertz CT molecular complexity index is 760. The fourth-order valence-corrected chi connectivity index (χ4v) is 2.19. The highest BCUT2D eigenvalue weighted by Gasteiger charge is 2.18. The third kappa shape index (κ3) is 3.19. The monoisotopic (exact) mass is 296 g/mol. The Kier molecular flexibility index (Phi) is 3.81. The first kappa shape index (κ1) is 14.2. The van der Waals surface area contributed by atoms with E-state index in [1.165, 1.54) is 6.07 Å². The van der Waals surface area contributed by atoms with Gasteiger partial charge in [0.15, 0.2) is 0 Å². The number of fused-ring (bicyclic) bond motifs is 1. The second-order valence-electron chi connectivity index (χ2n) is 4.08. The quantitative estimate of drug-likeness (QED) is 0.621. The molecule has 0 amide bonds. The van der Waals surface area contributed by atoms with Crippen LogP contribution in [0.15, 0.2) is 30.5 Å². The minimum atomic E-state index is -3.61. The van der Waals surface area contributed by atoms with E-state index in [1.807, 2.05) is 0 Å². The summed E-state index contributed by atoms with van der Waals surface area (Å²) in [5.74, 6) is -0.310. The Labute approximate surface area is 114 Å². The third-order valence-electron chi connectivity index (χ3n) is 2.64. The highest BCUT2D eigenvalue weighted by Crippen LogP contribution is 2.32. The van der Waals surface area contributed by atoms with E-state index in [4.69, 9.17) is 5.14 Å². The van der Waals surface area contributed by atoms with E-state index in [0.29, 0.717) is 10.9 Å². The number of nitrogens with zero attached hydrogens (tertiary/aromatic N) is 2. The fourth-order valence-electron chi connectivity index (χ4n) is 1.80. The van der Waals surface area contributed by atoms with Crippen molar-refractivity contribution in [1.82, 2.24) is 4.98 Å². The predicted molar refractivity (Wildman–Crippen MR) is 74.9 cm³/mol. The Morgan fingerprint density at radius 2 is 2.10 bits per heavy atom. The zero-order valence-corrected chi connectivity index (χ0v) is 11.1. The van der Waals surface area contributed by atoms with Gasteiger partial charge in [0.25, 0.3) is 0 Å². The summed E-state index contributed by atoms with van der Waals surface area (Å²) in [6, 6.07) is 6.31. The van der Waals surface area contributed by atoms with Crippen LogP contribution in [0.4, 0.5) is 11.4 Å². The van der Waals surface area contributed by atoms with Crippen molar-refractivity contribution in [2.24, 2.45) is 5.14 Å². The van der Waals surface area contributed by atoms with Crippen LogP contribution in [-0.2, 0) is 10.0 Å². The van der Waals surface area contributed by atoms with E-state index in [-0.39, 0.29) is 23.7 Å². The van der Waals surface area contributed by atoms with Crippen LogP contribution in [-0.4, -0.2) is 30.6 Å². The van der Waals surface area contributed by atoms with Gasteiger partial charge < -0.3 is 5.32 Å². The maximum atomic E-state index is 11.2. The van der Waals surface area contributed by atoms with Gasteiger partial charge in [-0.3, -0.25) is 15.1 Å². The molecular weight excluding hydrogens is 284 g/mol. The van der Waals surface area contributed by atoms with E-state index in [0.717, 1.165) is 0 Å². The molecule has 0 bridgehead atoms. The topological polar surface area (TPSA) is 128 Å². The van der Waals surface area contributed by atoms with Crippen molar-refractivity contribution in [1.29, 1.82) is 0 Å². The van der Waals surface area contributed by atoms with Crippen molar-refractivity contribution >= 4 is 32.3 Å². The van der Waals surface area contributed by atoms with Crippen LogP contribution in [0.25, 0.3) is 10.9 Å². The summed E-state index contributed by atoms with van der Waals surface area (Å²) in [5, 5.41) is 19.2. The molecular formula is C11H12N4O4S. The molecule has 1 aromatic carbocycles. The lowest BCUT2D eigenvalue weighted by molar-refractivity contribution is -0.382. The molecule has 8 nitrogen and oxygen atoms in total. The molecule has 3 N–H and O–H groups in total. The van der Waals surface area contributed by atoms with E-state index < -0.39 is 14.9 Å². The molecule has 0 aliphatic rings. The van der Waals surface area contributed by atoms with Gasteiger partial charge in [-0.2, -0.15) is 0 Å². The number of pyridine rings is 1. The van der Waals surface area contributed by atoms with Crippen LogP contribution in [0, 0.1) is 10.1 Å². The standard InChI is InChI=1S/C11H12N4O4S/c12-20(18,19)7-6-14-10-4-3-9-8(2-1-5-13-9)11(10)15(16)17/h1-5,14H,6-7H2,(H2,12,18,19). The van der Waals surface area contributed by atoms with Gasteiger partial charge in [0.2, 0.25) is 10.0 Å². The van der Waals surface area contributed by atoms with Gasteiger partial charge in [0, 0.05) is 12.7 Å². The molecule has 2 rings (SSSR count). The molecule has 106 valence electrons. The van der Waals surface area contributed by atoms with Crippen molar-refractivity contribution in [2.45, 2.75) is 0 Å². The predicted octanol–water partition coefficient (Wildman–Crippen LogP) is 0.843. The van der Waals surface area contributed by atoms with E-state index in [1.54, 1.807) is 24.4 Å². The van der Waals surface area contributed by atoms with Crippen LogP contribution in [0.3, 0.4) is 0 Å². The molecule has 20 heavy (non-hydrogen) atoms. The van der Waals surface area contributed by atoms with Crippen LogP contribution >= 0.6 is 0 Å². The van der Waals surface area contributed by atoms with E-state index >= 15 is 0 Å². The summed E-state index contributed by atoms with van der Waals surface area (Å²) in [6.07, 6.45) is 1.54.